The highest BCUT2D eigenvalue weighted by molar-refractivity contribution is 5.87. The minimum absolute atomic E-state index is 0.164. The van der Waals surface area contributed by atoms with Crippen molar-refractivity contribution in [3.63, 3.8) is 0 Å². The number of benzene rings is 1. The second-order valence-corrected chi connectivity index (χ2v) is 4.33. The summed E-state index contributed by atoms with van der Waals surface area (Å²) < 4.78 is 11.7. The van der Waals surface area contributed by atoms with Gasteiger partial charge in [-0.3, -0.25) is 4.40 Å². The van der Waals surface area contributed by atoms with Crippen molar-refractivity contribution in [2.45, 2.75) is 0 Å². The van der Waals surface area contributed by atoms with Crippen LogP contribution >= 0.6 is 0 Å². The summed E-state index contributed by atoms with van der Waals surface area (Å²) in [5.41, 5.74) is 1.78. The van der Waals surface area contributed by atoms with E-state index in [1.807, 2.05) is 30.3 Å². The highest BCUT2D eigenvalue weighted by Crippen LogP contribution is 2.25. The van der Waals surface area contributed by atoms with Crippen molar-refractivity contribution in [1.82, 2.24) is 14.4 Å². The molecule has 0 saturated carbocycles. The van der Waals surface area contributed by atoms with Crippen molar-refractivity contribution in [3.8, 4) is 17.3 Å². The van der Waals surface area contributed by atoms with Gasteiger partial charge >= 0.3 is 5.97 Å². The van der Waals surface area contributed by atoms with Crippen LogP contribution in [0.25, 0.3) is 16.9 Å². The Bertz CT molecular complexity index is 797. The van der Waals surface area contributed by atoms with Gasteiger partial charge in [0, 0.05) is 11.8 Å². The summed E-state index contributed by atoms with van der Waals surface area (Å²) in [4.78, 5) is 20.3. The number of fused-ring (bicyclic) bond motifs is 1. The van der Waals surface area contributed by atoms with Crippen LogP contribution in [0, 0.1) is 0 Å². The molecule has 0 aliphatic heterocycles. The van der Waals surface area contributed by atoms with Crippen molar-refractivity contribution in [2.75, 3.05) is 14.2 Å². The van der Waals surface area contributed by atoms with Crippen LogP contribution in [0.15, 0.2) is 42.7 Å². The smallest absolute Gasteiger partial charge is 0.358 e. The van der Waals surface area contributed by atoms with E-state index in [9.17, 15) is 4.79 Å². The van der Waals surface area contributed by atoms with Crippen LogP contribution in [-0.2, 0) is 4.74 Å². The molecule has 0 aliphatic carbocycles. The number of carbonyl (C=O) groups excluding carboxylic acids is 1. The Morgan fingerprint density at radius 1 is 1.19 bits per heavy atom. The van der Waals surface area contributed by atoms with Gasteiger partial charge in [-0.2, -0.15) is 0 Å². The van der Waals surface area contributed by atoms with Crippen LogP contribution in [0.2, 0.25) is 0 Å². The first kappa shape index (κ1) is 13.1. The molecule has 0 atom stereocenters. The normalized spacial score (nSPS) is 10.6. The topological polar surface area (TPSA) is 65.7 Å². The van der Waals surface area contributed by atoms with E-state index >= 15 is 0 Å². The van der Waals surface area contributed by atoms with E-state index < -0.39 is 5.97 Å². The van der Waals surface area contributed by atoms with Crippen molar-refractivity contribution < 1.29 is 14.3 Å². The van der Waals surface area contributed by atoms with E-state index in [1.165, 1.54) is 14.2 Å². The van der Waals surface area contributed by atoms with Crippen LogP contribution in [0.1, 0.15) is 10.5 Å². The van der Waals surface area contributed by atoms with E-state index in [1.54, 1.807) is 16.8 Å². The number of hydrogen-bond acceptors (Lipinski definition) is 5. The van der Waals surface area contributed by atoms with E-state index in [4.69, 9.17) is 9.47 Å². The van der Waals surface area contributed by atoms with Crippen molar-refractivity contribution >= 4 is 11.5 Å². The van der Waals surface area contributed by atoms with Gasteiger partial charge < -0.3 is 9.47 Å². The number of methoxy groups -OCH3 is 2. The third kappa shape index (κ3) is 2.20. The maximum absolute atomic E-state index is 11.7. The van der Waals surface area contributed by atoms with Gasteiger partial charge in [0.1, 0.15) is 11.3 Å². The summed E-state index contributed by atoms with van der Waals surface area (Å²) in [6.45, 7) is 0. The molecule has 3 rings (SSSR count). The number of rotatable bonds is 3. The van der Waals surface area contributed by atoms with Gasteiger partial charge in [-0.05, 0) is 0 Å². The third-order valence-corrected chi connectivity index (χ3v) is 3.11. The zero-order valence-corrected chi connectivity index (χ0v) is 11.6. The molecule has 0 unspecified atom stereocenters. The molecule has 0 radical (unpaired) electrons. The lowest BCUT2D eigenvalue weighted by Gasteiger charge is -2.07. The molecular weight excluding hydrogens is 270 g/mol. The minimum Gasteiger partial charge on any atom is -0.479 e. The Balaban J connectivity index is 2.26. The van der Waals surface area contributed by atoms with E-state index in [-0.39, 0.29) is 5.69 Å². The zero-order valence-electron chi connectivity index (χ0n) is 11.6. The van der Waals surface area contributed by atoms with Gasteiger partial charge in [0.15, 0.2) is 5.69 Å². The molecular formula is C15H13N3O3. The van der Waals surface area contributed by atoms with Gasteiger partial charge in [-0.15, -0.1) is 0 Å². The Labute approximate surface area is 121 Å². The number of hydrogen-bond donors (Lipinski definition) is 0. The third-order valence-electron chi connectivity index (χ3n) is 3.11. The summed E-state index contributed by atoms with van der Waals surface area (Å²) >= 11 is 0. The van der Waals surface area contributed by atoms with Crippen LogP contribution in [0.4, 0.5) is 0 Å². The number of aromatic nitrogens is 3. The maximum Gasteiger partial charge on any atom is 0.358 e. The first-order valence-electron chi connectivity index (χ1n) is 6.30. The second kappa shape index (κ2) is 5.24. The molecule has 106 valence electrons. The van der Waals surface area contributed by atoms with E-state index in [0.717, 1.165) is 5.56 Å². The first-order valence-corrected chi connectivity index (χ1v) is 6.30. The molecule has 3 aromatic rings. The predicted octanol–water partition coefficient (Wildman–Crippen LogP) is 2.19. The lowest BCUT2D eigenvalue weighted by atomic mass is 10.2. The fourth-order valence-electron chi connectivity index (χ4n) is 2.12. The summed E-state index contributed by atoms with van der Waals surface area (Å²) in [5, 5.41) is 0. The molecule has 0 bridgehead atoms. The van der Waals surface area contributed by atoms with Gasteiger partial charge in [0.2, 0.25) is 5.88 Å². The molecule has 1 aromatic carbocycles. The largest absolute Gasteiger partial charge is 0.479 e. The number of nitrogens with zero attached hydrogens (tertiary/aromatic N) is 3. The highest BCUT2D eigenvalue weighted by atomic mass is 16.5. The molecule has 0 aliphatic rings. The fourth-order valence-corrected chi connectivity index (χ4v) is 2.12. The standard InChI is InChI=1S/C15H13N3O3/c1-20-14-12-8-16-13(10-6-4-3-5-7-10)18(12)9-11(17-14)15(19)21-2/h3-9H,1-2H3. The lowest BCUT2D eigenvalue weighted by Crippen LogP contribution is -2.08. The Morgan fingerprint density at radius 2 is 1.95 bits per heavy atom. The molecule has 2 aromatic heterocycles. The fraction of sp³-hybridized carbons (Fsp3) is 0.133. The van der Waals surface area contributed by atoms with E-state index in [0.29, 0.717) is 17.2 Å². The summed E-state index contributed by atoms with van der Waals surface area (Å²) in [6.07, 6.45) is 3.26. The summed E-state index contributed by atoms with van der Waals surface area (Å²) in [5.74, 6) is 0.506. The number of esters is 1. The molecule has 0 amide bonds. The average molecular weight is 283 g/mol. The van der Waals surface area contributed by atoms with Crippen molar-refractivity contribution in [2.24, 2.45) is 0 Å². The lowest BCUT2D eigenvalue weighted by molar-refractivity contribution is 0.0592. The molecule has 2 heterocycles. The summed E-state index contributed by atoms with van der Waals surface area (Å²) in [7, 11) is 2.81. The Kier molecular flexibility index (Phi) is 3.27. The Hall–Kier alpha value is -2.89. The molecule has 0 fully saturated rings. The van der Waals surface area contributed by atoms with Gasteiger partial charge in [-0.25, -0.2) is 14.8 Å². The van der Waals surface area contributed by atoms with Gasteiger partial charge in [0.25, 0.3) is 0 Å². The summed E-state index contributed by atoms with van der Waals surface area (Å²) in [6, 6.07) is 9.67. The molecule has 21 heavy (non-hydrogen) atoms. The Morgan fingerprint density at radius 3 is 2.62 bits per heavy atom. The van der Waals surface area contributed by atoms with Crippen LogP contribution in [-0.4, -0.2) is 34.6 Å². The van der Waals surface area contributed by atoms with Crippen LogP contribution in [0.3, 0.4) is 0 Å². The molecule has 6 heteroatoms. The zero-order chi connectivity index (χ0) is 14.8. The molecule has 0 N–H and O–H groups in total. The molecule has 0 spiro atoms. The number of ether oxygens (including phenoxy) is 2. The highest BCUT2D eigenvalue weighted by Gasteiger charge is 2.16. The van der Waals surface area contributed by atoms with Crippen molar-refractivity contribution in [1.29, 1.82) is 0 Å². The van der Waals surface area contributed by atoms with Crippen molar-refractivity contribution in [3.05, 3.63) is 48.4 Å². The van der Waals surface area contributed by atoms with Crippen LogP contribution < -0.4 is 4.74 Å². The quantitative estimate of drug-likeness (QED) is 0.689. The molecule has 6 nitrogen and oxygen atoms in total. The number of imidazole rings is 1. The predicted molar refractivity (Wildman–Crippen MR) is 76.3 cm³/mol. The van der Waals surface area contributed by atoms with Gasteiger partial charge in [0.05, 0.1) is 20.4 Å². The average Bonchev–Trinajstić information content (AvgIpc) is 2.97. The maximum atomic E-state index is 11.7. The molecule has 0 saturated heterocycles. The SMILES string of the molecule is COC(=O)c1cn2c(-c3ccccc3)ncc2c(OC)n1. The van der Waals surface area contributed by atoms with Gasteiger partial charge in [-0.1, -0.05) is 30.3 Å². The minimum atomic E-state index is -0.525. The monoisotopic (exact) mass is 283 g/mol. The number of carbonyl (C=O) groups is 1. The van der Waals surface area contributed by atoms with Crippen LogP contribution in [0.5, 0.6) is 5.88 Å². The first-order chi connectivity index (χ1) is 10.2. The van der Waals surface area contributed by atoms with E-state index in [2.05, 4.69) is 9.97 Å². The second-order valence-electron chi connectivity index (χ2n) is 4.33.